The van der Waals surface area contributed by atoms with Gasteiger partial charge in [0, 0.05) is 12.3 Å². The molecule has 3 rings (SSSR count). The van der Waals surface area contributed by atoms with Gasteiger partial charge in [-0.2, -0.15) is 4.39 Å². The Morgan fingerprint density at radius 3 is 2.48 bits per heavy atom. The van der Waals surface area contributed by atoms with Crippen molar-refractivity contribution in [2.45, 2.75) is 76.3 Å². The monoisotopic (exact) mass is 390 g/mol. The lowest BCUT2D eigenvalue weighted by Gasteiger charge is -2.30. The molecule has 2 fully saturated rings. The summed E-state index contributed by atoms with van der Waals surface area (Å²) in [4.78, 5) is 0. The molecule has 152 valence electrons. The number of alkyl halides is 3. The SMILES string of the molecule is CCCC1CCC2CC(c3ccc(OCC)c(F)c3F)CC2(F)CC1(F)F. The maximum absolute atomic E-state index is 15.6. The average molecular weight is 390 g/mol. The van der Waals surface area contributed by atoms with E-state index in [-0.39, 0.29) is 37.2 Å². The van der Waals surface area contributed by atoms with E-state index in [2.05, 4.69) is 0 Å². The predicted octanol–water partition coefficient (Wildman–Crippen LogP) is 6.80. The Labute approximate surface area is 157 Å². The second-order valence-electron chi connectivity index (χ2n) is 8.08. The Morgan fingerprint density at radius 1 is 1.07 bits per heavy atom. The Kier molecular flexibility index (Phi) is 5.74. The van der Waals surface area contributed by atoms with E-state index in [9.17, 15) is 17.6 Å². The molecule has 0 amide bonds. The van der Waals surface area contributed by atoms with Crippen LogP contribution in [0.4, 0.5) is 22.0 Å². The lowest BCUT2D eigenvalue weighted by Crippen LogP contribution is -2.36. The van der Waals surface area contributed by atoms with E-state index in [4.69, 9.17) is 4.74 Å². The van der Waals surface area contributed by atoms with Crippen LogP contribution in [0.25, 0.3) is 0 Å². The van der Waals surface area contributed by atoms with E-state index < -0.39 is 47.4 Å². The third-order valence-corrected chi connectivity index (χ3v) is 6.33. The number of rotatable bonds is 5. The normalized spacial score (nSPS) is 32.8. The van der Waals surface area contributed by atoms with Gasteiger partial charge < -0.3 is 4.74 Å². The third-order valence-electron chi connectivity index (χ3n) is 6.33. The van der Waals surface area contributed by atoms with Gasteiger partial charge in [0.1, 0.15) is 5.67 Å². The van der Waals surface area contributed by atoms with Gasteiger partial charge >= 0.3 is 0 Å². The van der Waals surface area contributed by atoms with Crippen LogP contribution in [-0.2, 0) is 0 Å². The molecule has 2 saturated carbocycles. The van der Waals surface area contributed by atoms with Gasteiger partial charge in [-0.05, 0) is 62.5 Å². The molecule has 2 aliphatic carbocycles. The van der Waals surface area contributed by atoms with Crippen LogP contribution in [0, 0.1) is 23.5 Å². The lowest BCUT2D eigenvalue weighted by molar-refractivity contribution is -0.0986. The van der Waals surface area contributed by atoms with E-state index in [0.717, 1.165) is 0 Å². The Bertz CT molecular complexity index is 677. The molecule has 0 N–H and O–H groups in total. The van der Waals surface area contributed by atoms with E-state index in [0.29, 0.717) is 19.3 Å². The van der Waals surface area contributed by atoms with Crippen LogP contribution in [0.2, 0.25) is 0 Å². The fraction of sp³-hybridized carbons (Fsp3) is 0.714. The molecule has 0 heterocycles. The molecule has 0 aliphatic heterocycles. The molecule has 0 bridgehead atoms. The second kappa shape index (κ2) is 7.59. The van der Waals surface area contributed by atoms with Crippen LogP contribution < -0.4 is 4.74 Å². The first kappa shape index (κ1) is 20.4. The lowest BCUT2D eigenvalue weighted by atomic mass is 9.86. The highest BCUT2D eigenvalue weighted by Crippen LogP contribution is 2.57. The maximum Gasteiger partial charge on any atom is 0.253 e. The van der Waals surface area contributed by atoms with E-state index in [1.807, 2.05) is 6.92 Å². The molecule has 0 saturated heterocycles. The van der Waals surface area contributed by atoms with Gasteiger partial charge in [0.25, 0.3) is 5.92 Å². The van der Waals surface area contributed by atoms with E-state index in [1.54, 1.807) is 6.92 Å². The molecule has 0 radical (unpaired) electrons. The number of hydrogen-bond acceptors (Lipinski definition) is 1. The van der Waals surface area contributed by atoms with Crippen LogP contribution in [0.15, 0.2) is 12.1 Å². The van der Waals surface area contributed by atoms with Crippen LogP contribution in [0.3, 0.4) is 0 Å². The van der Waals surface area contributed by atoms with E-state index >= 15 is 4.39 Å². The van der Waals surface area contributed by atoms with Gasteiger partial charge in [-0.25, -0.2) is 17.6 Å². The third kappa shape index (κ3) is 3.81. The summed E-state index contributed by atoms with van der Waals surface area (Å²) in [5.41, 5.74) is -1.97. The summed E-state index contributed by atoms with van der Waals surface area (Å²) in [6.45, 7) is 3.71. The zero-order valence-electron chi connectivity index (χ0n) is 15.8. The van der Waals surface area contributed by atoms with Gasteiger partial charge in [-0.3, -0.25) is 0 Å². The van der Waals surface area contributed by atoms with Crippen LogP contribution in [0.5, 0.6) is 5.75 Å². The van der Waals surface area contributed by atoms with Crippen molar-refractivity contribution in [1.82, 2.24) is 0 Å². The standard InChI is InChI=1S/C21H27F5O/c1-3-5-14-6-7-15-10-13(11-20(15,24)12-21(14,25)26)16-8-9-17(27-4-2)19(23)18(16)22/h8-9,13-15H,3-7,10-12H2,1-2H3. The topological polar surface area (TPSA) is 9.23 Å². The summed E-state index contributed by atoms with van der Waals surface area (Å²) in [6.07, 6.45) is 0.957. The van der Waals surface area contributed by atoms with Gasteiger partial charge in [0.2, 0.25) is 5.82 Å². The van der Waals surface area contributed by atoms with Crippen molar-refractivity contribution < 1.29 is 26.7 Å². The van der Waals surface area contributed by atoms with Gasteiger partial charge in [0.05, 0.1) is 6.61 Å². The minimum Gasteiger partial charge on any atom is -0.491 e. The van der Waals surface area contributed by atoms with Gasteiger partial charge in [-0.15, -0.1) is 0 Å². The quantitative estimate of drug-likeness (QED) is 0.502. The fourth-order valence-electron chi connectivity index (χ4n) is 5.03. The number of halogens is 5. The predicted molar refractivity (Wildman–Crippen MR) is 94.0 cm³/mol. The first-order valence-corrected chi connectivity index (χ1v) is 9.89. The summed E-state index contributed by atoms with van der Waals surface area (Å²) in [5.74, 6) is -7.32. The highest BCUT2D eigenvalue weighted by atomic mass is 19.3. The smallest absolute Gasteiger partial charge is 0.253 e. The maximum atomic E-state index is 15.6. The molecule has 4 atom stereocenters. The van der Waals surface area contributed by atoms with E-state index in [1.165, 1.54) is 12.1 Å². The number of hydrogen-bond donors (Lipinski definition) is 0. The minimum atomic E-state index is -3.06. The summed E-state index contributed by atoms with van der Waals surface area (Å²) < 4.78 is 78.5. The van der Waals surface area contributed by atoms with Crippen LogP contribution >= 0.6 is 0 Å². The molecule has 4 unspecified atom stereocenters. The van der Waals surface area contributed by atoms with Crippen molar-refractivity contribution in [2.24, 2.45) is 11.8 Å². The van der Waals surface area contributed by atoms with Crippen LogP contribution in [0.1, 0.15) is 70.3 Å². The Morgan fingerprint density at radius 2 is 1.81 bits per heavy atom. The van der Waals surface area contributed by atoms with Crippen molar-refractivity contribution in [3.63, 3.8) is 0 Å². The van der Waals surface area contributed by atoms with Crippen molar-refractivity contribution in [1.29, 1.82) is 0 Å². The minimum absolute atomic E-state index is 0.0643. The van der Waals surface area contributed by atoms with Crippen LogP contribution in [-0.4, -0.2) is 18.2 Å². The largest absolute Gasteiger partial charge is 0.491 e. The first-order chi connectivity index (χ1) is 12.7. The zero-order valence-corrected chi connectivity index (χ0v) is 15.8. The molecular weight excluding hydrogens is 363 g/mol. The number of fused-ring (bicyclic) bond motifs is 1. The molecule has 1 nitrogen and oxygen atoms in total. The molecule has 1 aromatic carbocycles. The molecular formula is C21H27F5O. The molecule has 1 aromatic rings. The zero-order chi connectivity index (χ0) is 19.8. The van der Waals surface area contributed by atoms with Gasteiger partial charge in [0.15, 0.2) is 11.6 Å². The Hall–Kier alpha value is -1.33. The fourth-order valence-corrected chi connectivity index (χ4v) is 5.03. The summed E-state index contributed by atoms with van der Waals surface area (Å²) in [7, 11) is 0. The van der Waals surface area contributed by atoms with Gasteiger partial charge in [-0.1, -0.05) is 19.4 Å². The highest BCUT2D eigenvalue weighted by molar-refractivity contribution is 5.34. The molecule has 27 heavy (non-hydrogen) atoms. The molecule has 0 aromatic heterocycles. The average Bonchev–Trinajstić information content (AvgIpc) is 2.86. The molecule has 2 aliphatic rings. The van der Waals surface area contributed by atoms with Crippen molar-refractivity contribution in [3.8, 4) is 5.75 Å². The number of benzene rings is 1. The second-order valence-corrected chi connectivity index (χ2v) is 8.08. The summed E-state index contributed by atoms with van der Waals surface area (Å²) in [6, 6.07) is 2.74. The first-order valence-electron chi connectivity index (χ1n) is 9.89. The summed E-state index contributed by atoms with van der Waals surface area (Å²) in [5, 5.41) is 0. The number of ether oxygens (including phenoxy) is 1. The van der Waals surface area contributed by atoms with Crippen molar-refractivity contribution >= 4 is 0 Å². The van der Waals surface area contributed by atoms with Crippen molar-refractivity contribution in [2.75, 3.05) is 6.61 Å². The summed E-state index contributed by atoms with van der Waals surface area (Å²) >= 11 is 0. The molecule has 6 heteroatoms. The Balaban J connectivity index is 1.83. The molecule has 0 spiro atoms. The highest BCUT2D eigenvalue weighted by Gasteiger charge is 2.57. The van der Waals surface area contributed by atoms with Crippen molar-refractivity contribution in [3.05, 3.63) is 29.3 Å².